The molecule has 0 spiro atoms. The molecule has 1 heterocycles. The molecule has 0 aromatic rings. The van der Waals surface area contributed by atoms with E-state index in [-0.39, 0.29) is 0 Å². The highest BCUT2D eigenvalue weighted by Gasteiger charge is 2.41. The third-order valence-corrected chi connectivity index (χ3v) is 5.74. The van der Waals surface area contributed by atoms with Gasteiger partial charge in [-0.25, -0.2) is 0 Å². The molecule has 98 valence electrons. The van der Waals surface area contributed by atoms with E-state index in [1.165, 1.54) is 51.6 Å². The zero-order chi connectivity index (χ0) is 11.8. The van der Waals surface area contributed by atoms with Gasteiger partial charge in [0.2, 0.25) is 0 Å². The maximum Gasteiger partial charge on any atom is 0.0138 e. The number of nitrogens with two attached hydrogens (primary N) is 1. The monoisotopic (exact) mass is 236 g/mol. The second-order valence-electron chi connectivity index (χ2n) is 6.89. The van der Waals surface area contributed by atoms with E-state index < -0.39 is 0 Å². The maximum atomic E-state index is 6.00. The lowest BCUT2D eigenvalue weighted by Gasteiger charge is -2.40. The molecule has 2 nitrogen and oxygen atoms in total. The van der Waals surface area contributed by atoms with Crippen molar-refractivity contribution in [3.05, 3.63) is 0 Å². The second kappa shape index (κ2) is 4.89. The van der Waals surface area contributed by atoms with E-state index in [9.17, 15) is 0 Å². The summed E-state index contributed by atoms with van der Waals surface area (Å²) < 4.78 is 0. The molecule has 3 fully saturated rings. The summed E-state index contributed by atoms with van der Waals surface area (Å²) in [6, 6.07) is 0.814. The quantitative estimate of drug-likeness (QED) is 0.798. The smallest absolute Gasteiger partial charge is 0.0138 e. The molecule has 5 atom stereocenters. The number of nitrogens with zero attached hydrogens (tertiary/aromatic N) is 1. The van der Waals surface area contributed by atoms with Crippen molar-refractivity contribution in [2.75, 3.05) is 19.6 Å². The SMILES string of the molecule is CC1CCC(CN)C(N2CC3CCCC3C2)C1. The molecule has 3 aliphatic rings. The van der Waals surface area contributed by atoms with Gasteiger partial charge in [-0.05, 0) is 55.9 Å². The van der Waals surface area contributed by atoms with Crippen LogP contribution in [0.1, 0.15) is 45.4 Å². The molecular formula is C15H28N2. The van der Waals surface area contributed by atoms with Crippen LogP contribution in [0.15, 0.2) is 0 Å². The highest BCUT2D eigenvalue weighted by molar-refractivity contribution is 4.95. The van der Waals surface area contributed by atoms with E-state index in [0.717, 1.165) is 36.3 Å². The number of likely N-dealkylation sites (tertiary alicyclic amines) is 1. The first kappa shape index (κ1) is 12.0. The Morgan fingerprint density at radius 3 is 2.41 bits per heavy atom. The van der Waals surface area contributed by atoms with Crippen LogP contribution < -0.4 is 5.73 Å². The Bertz CT molecular complexity index is 254. The average Bonchev–Trinajstić information content (AvgIpc) is 2.88. The van der Waals surface area contributed by atoms with E-state index in [2.05, 4.69) is 11.8 Å². The second-order valence-corrected chi connectivity index (χ2v) is 6.89. The van der Waals surface area contributed by atoms with Crippen LogP contribution >= 0.6 is 0 Å². The molecule has 5 unspecified atom stereocenters. The van der Waals surface area contributed by atoms with Gasteiger partial charge in [0.05, 0.1) is 0 Å². The summed E-state index contributed by atoms with van der Waals surface area (Å²) in [7, 11) is 0. The van der Waals surface area contributed by atoms with Crippen LogP contribution in [0.3, 0.4) is 0 Å². The summed E-state index contributed by atoms with van der Waals surface area (Å²) in [5, 5.41) is 0. The lowest BCUT2D eigenvalue weighted by Crippen LogP contribution is -2.46. The fraction of sp³-hybridized carbons (Fsp3) is 1.00. The first-order valence-corrected chi connectivity index (χ1v) is 7.72. The molecule has 0 aromatic heterocycles. The van der Waals surface area contributed by atoms with Gasteiger partial charge >= 0.3 is 0 Å². The standard InChI is InChI=1S/C15H28N2/c1-11-5-6-12(8-16)15(7-11)17-9-13-3-2-4-14(13)10-17/h11-15H,2-10,16H2,1H3. The molecule has 1 aliphatic heterocycles. The van der Waals surface area contributed by atoms with E-state index in [4.69, 9.17) is 5.73 Å². The zero-order valence-electron chi connectivity index (χ0n) is 11.3. The van der Waals surface area contributed by atoms with Gasteiger partial charge < -0.3 is 5.73 Å². The minimum absolute atomic E-state index is 0.782. The Morgan fingerprint density at radius 2 is 1.76 bits per heavy atom. The minimum atomic E-state index is 0.782. The summed E-state index contributed by atoms with van der Waals surface area (Å²) in [6.07, 6.45) is 8.66. The van der Waals surface area contributed by atoms with Crippen molar-refractivity contribution in [2.45, 2.75) is 51.5 Å². The largest absolute Gasteiger partial charge is 0.330 e. The Kier molecular flexibility index (Phi) is 3.45. The lowest BCUT2D eigenvalue weighted by atomic mass is 9.78. The lowest BCUT2D eigenvalue weighted by molar-refractivity contribution is 0.0998. The van der Waals surface area contributed by atoms with Crippen molar-refractivity contribution in [1.82, 2.24) is 4.90 Å². The van der Waals surface area contributed by atoms with E-state index in [1.54, 1.807) is 0 Å². The van der Waals surface area contributed by atoms with Crippen LogP contribution in [0.25, 0.3) is 0 Å². The van der Waals surface area contributed by atoms with Crippen LogP contribution in [0, 0.1) is 23.7 Å². The molecule has 17 heavy (non-hydrogen) atoms. The number of hydrogen-bond donors (Lipinski definition) is 1. The summed E-state index contributed by atoms with van der Waals surface area (Å²) in [4.78, 5) is 2.82. The molecule has 2 heteroatoms. The molecule has 0 aromatic carbocycles. The Balaban J connectivity index is 1.65. The van der Waals surface area contributed by atoms with Gasteiger partial charge in [0.15, 0.2) is 0 Å². The minimum Gasteiger partial charge on any atom is -0.330 e. The molecule has 2 saturated carbocycles. The summed E-state index contributed by atoms with van der Waals surface area (Å²) in [6.45, 7) is 6.11. The van der Waals surface area contributed by atoms with Gasteiger partial charge in [0, 0.05) is 19.1 Å². The molecule has 2 N–H and O–H groups in total. The Labute approximate surface area is 106 Å². The van der Waals surface area contributed by atoms with E-state index >= 15 is 0 Å². The number of rotatable bonds is 2. The zero-order valence-corrected chi connectivity index (χ0v) is 11.3. The fourth-order valence-electron chi connectivity index (χ4n) is 4.68. The predicted molar refractivity (Wildman–Crippen MR) is 71.8 cm³/mol. The molecule has 0 bridgehead atoms. The van der Waals surface area contributed by atoms with Crippen molar-refractivity contribution in [2.24, 2.45) is 29.4 Å². The highest BCUT2D eigenvalue weighted by Crippen LogP contribution is 2.41. The van der Waals surface area contributed by atoms with Gasteiger partial charge in [-0.15, -0.1) is 0 Å². The van der Waals surface area contributed by atoms with Crippen LogP contribution in [-0.4, -0.2) is 30.6 Å². The third kappa shape index (κ3) is 2.26. The van der Waals surface area contributed by atoms with Crippen molar-refractivity contribution in [1.29, 1.82) is 0 Å². The first-order chi connectivity index (χ1) is 8.28. The Hall–Kier alpha value is -0.0800. The summed E-state index contributed by atoms with van der Waals surface area (Å²) >= 11 is 0. The van der Waals surface area contributed by atoms with Crippen molar-refractivity contribution in [3.8, 4) is 0 Å². The number of hydrogen-bond acceptors (Lipinski definition) is 2. The van der Waals surface area contributed by atoms with E-state index in [0.29, 0.717) is 0 Å². The van der Waals surface area contributed by atoms with Gasteiger partial charge in [0.25, 0.3) is 0 Å². The van der Waals surface area contributed by atoms with E-state index in [1.807, 2.05) is 0 Å². The van der Waals surface area contributed by atoms with Crippen molar-refractivity contribution >= 4 is 0 Å². The van der Waals surface area contributed by atoms with Gasteiger partial charge in [-0.1, -0.05) is 19.8 Å². The topological polar surface area (TPSA) is 29.3 Å². The first-order valence-electron chi connectivity index (χ1n) is 7.72. The molecule has 1 saturated heterocycles. The van der Waals surface area contributed by atoms with Crippen molar-refractivity contribution in [3.63, 3.8) is 0 Å². The molecule has 2 aliphatic carbocycles. The summed E-state index contributed by atoms with van der Waals surface area (Å²) in [5.74, 6) is 3.77. The highest BCUT2D eigenvalue weighted by atomic mass is 15.2. The fourth-order valence-corrected chi connectivity index (χ4v) is 4.68. The van der Waals surface area contributed by atoms with Crippen molar-refractivity contribution < 1.29 is 0 Å². The van der Waals surface area contributed by atoms with Crippen LogP contribution in [0.5, 0.6) is 0 Å². The Morgan fingerprint density at radius 1 is 1.06 bits per heavy atom. The number of fused-ring (bicyclic) bond motifs is 1. The summed E-state index contributed by atoms with van der Waals surface area (Å²) in [5.41, 5.74) is 6.00. The van der Waals surface area contributed by atoms with Gasteiger partial charge in [-0.3, -0.25) is 4.90 Å². The average molecular weight is 236 g/mol. The molecule has 0 radical (unpaired) electrons. The molecule has 3 rings (SSSR count). The van der Waals surface area contributed by atoms with Gasteiger partial charge in [-0.2, -0.15) is 0 Å². The van der Waals surface area contributed by atoms with Crippen LogP contribution in [-0.2, 0) is 0 Å². The van der Waals surface area contributed by atoms with Crippen LogP contribution in [0.2, 0.25) is 0 Å². The predicted octanol–water partition coefficient (Wildman–Crippen LogP) is 2.48. The third-order valence-electron chi connectivity index (χ3n) is 5.74. The maximum absolute atomic E-state index is 6.00. The normalized spacial score (nSPS) is 47.3. The van der Waals surface area contributed by atoms with Crippen LogP contribution in [0.4, 0.5) is 0 Å². The molecular weight excluding hydrogens is 208 g/mol. The van der Waals surface area contributed by atoms with Gasteiger partial charge in [0.1, 0.15) is 0 Å². The molecule has 0 amide bonds.